The van der Waals surface area contributed by atoms with Crippen molar-refractivity contribution in [1.82, 2.24) is 0 Å². The fourth-order valence-corrected chi connectivity index (χ4v) is 1.04. The van der Waals surface area contributed by atoms with Crippen molar-refractivity contribution in [3.8, 4) is 0 Å². The first kappa shape index (κ1) is 8.95. The molecular weight excluding hydrogens is 167 g/mol. The number of hydrazone groups is 1. The van der Waals surface area contributed by atoms with E-state index in [0.29, 0.717) is 0 Å². The highest BCUT2D eigenvalue weighted by Crippen LogP contribution is 2.17. The Hall–Kier alpha value is -1.14. The third kappa shape index (κ3) is 1.72. The summed E-state index contributed by atoms with van der Waals surface area (Å²) < 4.78 is 0. The molecule has 0 spiro atoms. The zero-order valence-corrected chi connectivity index (χ0v) is 8.11. The van der Waals surface area contributed by atoms with Gasteiger partial charge < -0.3 is 0 Å². The van der Waals surface area contributed by atoms with E-state index in [1.807, 2.05) is 36.4 Å². The molecule has 12 heavy (non-hydrogen) atoms. The SMILES string of the molecule is C1=Cc2ccccc2NN=C1.P. The average molecular weight is 178 g/mol. The molecule has 1 aliphatic heterocycles. The largest absolute Gasteiger partial charge is 0.278 e. The van der Waals surface area contributed by atoms with Crippen LogP contribution in [0.25, 0.3) is 6.08 Å². The summed E-state index contributed by atoms with van der Waals surface area (Å²) >= 11 is 0. The van der Waals surface area contributed by atoms with Crippen LogP contribution >= 0.6 is 9.90 Å². The highest BCUT2D eigenvalue weighted by Gasteiger charge is 1.96. The van der Waals surface area contributed by atoms with Crippen molar-refractivity contribution in [2.75, 3.05) is 5.43 Å². The molecule has 1 aromatic rings. The molecule has 1 N–H and O–H groups in total. The maximum Gasteiger partial charge on any atom is 0.0634 e. The predicted octanol–water partition coefficient (Wildman–Crippen LogP) is 2.17. The molecule has 0 radical (unpaired) electrons. The molecule has 0 saturated carbocycles. The standard InChI is InChI=1S/C9H8N2.H3P/c1-2-6-9-8(4-1)5-3-7-10-11-9;/h1-7,11H;1H3. The fourth-order valence-electron chi connectivity index (χ4n) is 1.04. The van der Waals surface area contributed by atoms with Gasteiger partial charge in [-0.1, -0.05) is 24.3 Å². The van der Waals surface area contributed by atoms with E-state index in [9.17, 15) is 0 Å². The molecule has 0 aromatic heterocycles. The van der Waals surface area contributed by atoms with E-state index in [2.05, 4.69) is 10.5 Å². The minimum Gasteiger partial charge on any atom is -0.278 e. The van der Waals surface area contributed by atoms with Crippen LogP contribution in [0.2, 0.25) is 0 Å². The molecule has 1 aliphatic rings. The Balaban J connectivity index is 0.000000720. The molecule has 62 valence electrons. The van der Waals surface area contributed by atoms with Gasteiger partial charge >= 0.3 is 0 Å². The second-order valence-corrected chi connectivity index (χ2v) is 2.34. The zero-order chi connectivity index (χ0) is 7.52. The van der Waals surface area contributed by atoms with Gasteiger partial charge in [-0.3, -0.25) is 5.43 Å². The highest BCUT2D eigenvalue weighted by molar-refractivity contribution is 6.92. The maximum absolute atomic E-state index is 3.95. The van der Waals surface area contributed by atoms with Crippen LogP contribution in [-0.2, 0) is 0 Å². The molecule has 0 aliphatic carbocycles. The fraction of sp³-hybridized carbons (Fsp3) is 0. The third-order valence-corrected chi connectivity index (χ3v) is 1.58. The van der Waals surface area contributed by atoms with Gasteiger partial charge in [0.2, 0.25) is 0 Å². The molecule has 1 unspecified atom stereocenters. The summed E-state index contributed by atoms with van der Waals surface area (Å²) in [7, 11) is 0. The van der Waals surface area contributed by atoms with Gasteiger partial charge in [0.25, 0.3) is 0 Å². The van der Waals surface area contributed by atoms with Crippen LogP contribution in [0.3, 0.4) is 0 Å². The molecule has 1 aromatic carbocycles. The number of hydrogen-bond acceptors (Lipinski definition) is 2. The van der Waals surface area contributed by atoms with Gasteiger partial charge in [-0.15, -0.1) is 0 Å². The van der Waals surface area contributed by atoms with Gasteiger partial charge in [-0.25, -0.2) is 0 Å². The molecular formula is C9H11N2P. The first-order chi connectivity index (χ1) is 5.47. The molecule has 0 bridgehead atoms. The van der Waals surface area contributed by atoms with Crippen molar-refractivity contribution in [2.45, 2.75) is 0 Å². The van der Waals surface area contributed by atoms with Crippen molar-refractivity contribution in [2.24, 2.45) is 5.10 Å². The summed E-state index contributed by atoms with van der Waals surface area (Å²) in [5.41, 5.74) is 5.16. The van der Waals surface area contributed by atoms with Gasteiger partial charge in [0.1, 0.15) is 0 Å². The molecule has 0 amide bonds. The van der Waals surface area contributed by atoms with Crippen LogP contribution < -0.4 is 5.43 Å². The van der Waals surface area contributed by atoms with Crippen LogP contribution in [0.5, 0.6) is 0 Å². The molecule has 1 atom stereocenters. The number of anilines is 1. The van der Waals surface area contributed by atoms with Crippen molar-refractivity contribution in [3.05, 3.63) is 35.9 Å². The number of nitrogens with zero attached hydrogens (tertiary/aromatic N) is 1. The number of rotatable bonds is 0. The Labute approximate surface area is 75.0 Å². The lowest BCUT2D eigenvalue weighted by Crippen LogP contribution is -1.87. The number of hydrogen-bond donors (Lipinski definition) is 1. The Kier molecular flexibility index (Phi) is 3.01. The summed E-state index contributed by atoms with van der Waals surface area (Å²) in [4.78, 5) is 0. The second kappa shape index (κ2) is 4.03. The van der Waals surface area contributed by atoms with Gasteiger partial charge in [-0.05, 0) is 17.7 Å². The molecule has 2 rings (SSSR count). The van der Waals surface area contributed by atoms with Gasteiger partial charge in [0, 0.05) is 6.21 Å². The summed E-state index contributed by atoms with van der Waals surface area (Å²) in [5, 5.41) is 3.95. The Bertz CT molecular complexity index is 318. The number of para-hydroxylation sites is 1. The average Bonchev–Trinajstić information content (AvgIpc) is 2.28. The summed E-state index contributed by atoms with van der Waals surface area (Å²) in [5.74, 6) is 0. The third-order valence-electron chi connectivity index (χ3n) is 1.58. The van der Waals surface area contributed by atoms with Crippen molar-refractivity contribution in [3.63, 3.8) is 0 Å². The minimum atomic E-state index is 0. The quantitative estimate of drug-likeness (QED) is 0.605. The van der Waals surface area contributed by atoms with Crippen molar-refractivity contribution < 1.29 is 0 Å². The van der Waals surface area contributed by atoms with Crippen LogP contribution in [0.1, 0.15) is 5.56 Å². The summed E-state index contributed by atoms with van der Waals surface area (Å²) in [6, 6.07) is 8.05. The van der Waals surface area contributed by atoms with E-state index in [0.717, 1.165) is 5.69 Å². The topological polar surface area (TPSA) is 24.4 Å². The highest BCUT2D eigenvalue weighted by atomic mass is 31.0. The molecule has 2 nitrogen and oxygen atoms in total. The lowest BCUT2D eigenvalue weighted by atomic mass is 10.2. The smallest absolute Gasteiger partial charge is 0.0634 e. The summed E-state index contributed by atoms with van der Waals surface area (Å²) in [6.45, 7) is 0. The van der Waals surface area contributed by atoms with Gasteiger partial charge in [-0.2, -0.15) is 15.0 Å². The van der Waals surface area contributed by atoms with E-state index >= 15 is 0 Å². The number of allylic oxidation sites excluding steroid dienone is 1. The van der Waals surface area contributed by atoms with E-state index < -0.39 is 0 Å². The second-order valence-electron chi connectivity index (χ2n) is 2.34. The van der Waals surface area contributed by atoms with E-state index in [1.54, 1.807) is 6.21 Å². The van der Waals surface area contributed by atoms with Crippen LogP contribution in [0.15, 0.2) is 35.4 Å². The zero-order valence-electron chi connectivity index (χ0n) is 6.70. The van der Waals surface area contributed by atoms with Gasteiger partial charge in [0.15, 0.2) is 0 Å². The van der Waals surface area contributed by atoms with E-state index in [1.165, 1.54) is 5.56 Å². The molecule has 1 heterocycles. The first-order valence-electron chi connectivity index (χ1n) is 3.51. The van der Waals surface area contributed by atoms with Crippen LogP contribution in [0.4, 0.5) is 5.69 Å². The number of nitrogens with one attached hydrogen (secondary N) is 1. The number of fused-ring (bicyclic) bond motifs is 1. The Morgan fingerprint density at radius 1 is 1.17 bits per heavy atom. The lowest BCUT2D eigenvalue weighted by Gasteiger charge is -2.00. The lowest BCUT2D eigenvalue weighted by molar-refractivity contribution is 1.36. The molecule has 0 saturated heterocycles. The van der Waals surface area contributed by atoms with E-state index in [-0.39, 0.29) is 9.90 Å². The number of benzene rings is 1. The molecule has 3 heteroatoms. The van der Waals surface area contributed by atoms with Crippen LogP contribution in [-0.4, -0.2) is 6.21 Å². The Morgan fingerprint density at radius 3 is 2.92 bits per heavy atom. The monoisotopic (exact) mass is 178 g/mol. The molecule has 0 fully saturated rings. The van der Waals surface area contributed by atoms with E-state index in [4.69, 9.17) is 0 Å². The first-order valence-corrected chi connectivity index (χ1v) is 3.51. The predicted molar refractivity (Wildman–Crippen MR) is 58.7 cm³/mol. The Morgan fingerprint density at radius 2 is 2.00 bits per heavy atom. The van der Waals surface area contributed by atoms with Gasteiger partial charge in [0.05, 0.1) is 5.69 Å². The normalized spacial score (nSPS) is 12.3. The maximum atomic E-state index is 3.95. The van der Waals surface area contributed by atoms with Crippen LogP contribution in [0, 0.1) is 0 Å². The summed E-state index contributed by atoms with van der Waals surface area (Å²) in [6.07, 6.45) is 5.68. The minimum absolute atomic E-state index is 0. The van der Waals surface area contributed by atoms with Crippen molar-refractivity contribution in [1.29, 1.82) is 0 Å². The van der Waals surface area contributed by atoms with Crippen molar-refractivity contribution >= 4 is 27.9 Å².